The number of likely N-dealkylation sites (N-methyl/N-ethyl adjacent to an activating group) is 1. The van der Waals surface area contributed by atoms with Crippen molar-refractivity contribution in [2.24, 2.45) is 0 Å². The molecule has 11 nitrogen and oxygen atoms in total. The van der Waals surface area contributed by atoms with Gasteiger partial charge >= 0.3 is 12.1 Å². The summed E-state index contributed by atoms with van der Waals surface area (Å²) in [6.07, 6.45) is 25.6. The van der Waals surface area contributed by atoms with Crippen LogP contribution in [0.25, 0.3) is 32.9 Å². The van der Waals surface area contributed by atoms with E-state index in [1.54, 1.807) is 29.2 Å². The number of fused-ring (bicyclic) bond motifs is 4. The Labute approximate surface area is 385 Å². The first-order valence-electron chi connectivity index (χ1n) is 24.6. The molecule has 0 spiro atoms. The summed E-state index contributed by atoms with van der Waals surface area (Å²) in [7, 11) is 3.79. The molecule has 0 radical (unpaired) electrons. The van der Waals surface area contributed by atoms with Gasteiger partial charge in [0.25, 0.3) is 0 Å². The summed E-state index contributed by atoms with van der Waals surface area (Å²) in [6.45, 7) is 8.77. The molecule has 7 rings (SSSR count). The van der Waals surface area contributed by atoms with Crippen LogP contribution in [0.4, 0.5) is 19.4 Å². The third-order valence-corrected chi connectivity index (χ3v) is 13.5. The van der Waals surface area contributed by atoms with Crippen LogP contribution < -0.4 is 19.7 Å². The second-order valence-corrected chi connectivity index (χ2v) is 19.0. The number of nitrogens with zero attached hydrogens (tertiary/aromatic N) is 6. The monoisotopic (exact) mass is 896 g/mol. The van der Waals surface area contributed by atoms with Gasteiger partial charge in [-0.3, -0.25) is 4.90 Å². The van der Waals surface area contributed by atoms with Gasteiger partial charge in [0.1, 0.15) is 40.9 Å². The zero-order chi connectivity index (χ0) is 45.9. The van der Waals surface area contributed by atoms with Crippen LogP contribution in [0.2, 0.25) is 0 Å². The van der Waals surface area contributed by atoms with Crippen molar-refractivity contribution in [3.63, 3.8) is 0 Å². The number of unbranched alkanes of at least 4 members (excludes halogenated alkanes) is 13. The molecular formula is C52H71F2N7O4. The molecule has 2 bridgehead atoms. The lowest BCUT2D eigenvalue weighted by Gasteiger charge is -2.34. The third-order valence-electron chi connectivity index (χ3n) is 13.5. The van der Waals surface area contributed by atoms with Crippen LogP contribution in [-0.4, -0.2) is 108 Å². The number of amides is 1. The number of likely N-dealkylation sites (tertiary alicyclic amines) is 1. The summed E-state index contributed by atoms with van der Waals surface area (Å²) < 4.78 is 51.3. The quantitative estimate of drug-likeness (QED) is 0.0572. The minimum Gasteiger partial charge on any atom is -0.474 e. The number of nitrogens with one attached hydrogen (secondary N) is 1. The number of aromatic nitrogens is 3. The molecule has 5 heterocycles. The van der Waals surface area contributed by atoms with Gasteiger partial charge in [0.05, 0.1) is 11.7 Å². The predicted octanol–water partition coefficient (Wildman–Crippen LogP) is 10.8. The Morgan fingerprint density at radius 2 is 1.55 bits per heavy atom. The summed E-state index contributed by atoms with van der Waals surface area (Å²) >= 11 is 0. The molecule has 3 aliphatic heterocycles. The maximum absolute atomic E-state index is 17.4. The minimum absolute atomic E-state index is 0.0133. The van der Waals surface area contributed by atoms with Crippen LogP contribution in [0, 0.1) is 24.0 Å². The zero-order valence-electron chi connectivity index (χ0n) is 39.5. The van der Waals surface area contributed by atoms with E-state index < -0.39 is 11.6 Å². The molecule has 0 aliphatic carbocycles. The van der Waals surface area contributed by atoms with E-state index in [9.17, 15) is 4.79 Å². The lowest BCUT2D eigenvalue weighted by Crippen LogP contribution is -2.51. The van der Waals surface area contributed by atoms with Crippen molar-refractivity contribution in [2.75, 3.05) is 51.8 Å². The van der Waals surface area contributed by atoms with Gasteiger partial charge in [-0.15, -0.1) is 6.42 Å². The first-order chi connectivity index (χ1) is 31.5. The summed E-state index contributed by atoms with van der Waals surface area (Å²) in [6, 6.07) is 8.62. The highest BCUT2D eigenvalue weighted by atomic mass is 19.1. The van der Waals surface area contributed by atoms with Gasteiger partial charge in [-0.1, -0.05) is 121 Å². The van der Waals surface area contributed by atoms with Crippen LogP contribution in [0.1, 0.15) is 135 Å². The molecule has 4 atom stereocenters. The highest BCUT2D eigenvalue weighted by Crippen LogP contribution is 2.42. The number of piperazine rings is 1. The molecule has 352 valence electrons. The summed E-state index contributed by atoms with van der Waals surface area (Å²) in [5.41, 5.74) is 0.270. The normalized spacial score (nSPS) is 19.6. The van der Waals surface area contributed by atoms with E-state index in [1.165, 1.54) is 83.1 Å². The Balaban J connectivity index is 1.01. The van der Waals surface area contributed by atoms with E-state index in [1.807, 2.05) is 27.9 Å². The number of terminal acetylenes is 1. The van der Waals surface area contributed by atoms with Crippen molar-refractivity contribution >= 4 is 33.6 Å². The van der Waals surface area contributed by atoms with Crippen LogP contribution in [-0.2, 0) is 4.74 Å². The van der Waals surface area contributed by atoms with Gasteiger partial charge in [0.2, 0.25) is 5.88 Å². The van der Waals surface area contributed by atoms with Crippen molar-refractivity contribution in [1.82, 2.24) is 30.1 Å². The molecule has 4 aromatic rings. The topological polar surface area (TPSA) is 105 Å². The number of rotatable bonds is 23. The number of ether oxygens (including phenoxy) is 3. The van der Waals surface area contributed by atoms with Crippen molar-refractivity contribution in [3.05, 3.63) is 47.5 Å². The molecule has 3 fully saturated rings. The van der Waals surface area contributed by atoms with Crippen LogP contribution in [0.5, 0.6) is 11.9 Å². The Morgan fingerprint density at radius 1 is 0.892 bits per heavy atom. The molecule has 2 aromatic heterocycles. The Kier molecular flexibility index (Phi) is 17.1. The van der Waals surface area contributed by atoms with Gasteiger partial charge in [-0.25, -0.2) is 18.6 Å². The third kappa shape index (κ3) is 12.2. The van der Waals surface area contributed by atoms with Gasteiger partial charge in [0, 0.05) is 68.7 Å². The van der Waals surface area contributed by atoms with E-state index in [2.05, 4.69) is 28.0 Å². The molecule has 2 aromatic carbocycles. The second kappa shape index (κ2) is 23.1. The van der Waals surface area contributed by atoms with Crippen molar-refractivity contribution < 1.29 is 27.8 Å². The number of anilines is 1. The van der Waals surface area contributed by atoms with Crippen LogP contribution in [0.15, 0.2) is 30.3 Å². The molecule has 2 unspecified atom stereocenters. The lowest BCUT2D eigenvalue weighted by atomic mass is 9.96. The standard InChI is InChI=1S/C52H71F2N7O4/c1-7-9-10-11-12-13-14-15-16-17-18-19-20-21-29-59(5)52(62)65-40-30-39(60(6)33-40)34-63-51-57-48-45(49(58-51)61-31-37-26-27-38(32-61)55-37)50(64-35(3)4)56-47(46(48)54)42-24-22-23-36-25-28-43(53)41(8-2)44(36)42/h2,22-25,28,35,37-40,55H,7,9-21,26-27,29-34H2,1,3-6H3/t37?,38?,39-,40+/m0/s1. The zero-order valence-corrected chi connectivity index (χ0v) is 39.5. The predicted molar refractivity (Wildman–Crippen MR) is 256 cm³/mol. The number of pyridine rings is 1. The fourth-order valence-corrected chi connectivity index (χ4v) is 9.89. The number of carbonyl (C=O) groups is 1. The van der Waals surface area contributed by atoms with E-state index in [4.69, 9.17) is 35.6 Å². The Hall–Kier alpha value is -4.80. The number of hydrogen-bond acceptors (Lipinski definition) is 10. The van der Waals surface area contributed by atoms with Gasteiger partial charge in [0.15, 0.2) is 5.82 Å². The van der Waals surface area contributed by atoms with Crippen molar-refractivity contribution in [3.8, 4) is 35.5 Å². The van der Waals surface area contributed by atoms with Crippen molar-refractivity contribution in [1.29, 1.82) is 0 Å². The Morgan fingerprint density at radius 3 is 2.20 bits per heavy atom. The van der Waals surface area contributed by atoms with Crippen molar-refractivity contribution in [2.45, 2.75) is 160 Å². The van der Waals surface area contributed by atoms with Gasteiger partial charge < -0.3 is 29.3 Å². The number of hydrogen-bond donors (Lipinski definition) is 1. The maximum Gasteiger partial charge on any atom is 0.409 e. The fourth-order valence-electron chi connectivity index (χ4n) is 9.89. The number of halogens is 2. The molecule has 3 aliphatic rings. The average molecular weight is 896 g/mol. The maximum atomic E-state index is 17.4. The lowest BCUT2D eigenvalue weighted by molar-refractivity contribution is 0.0727. The fraction of sp³-hybridized carbons (Fsp3) is 0.615. The highest BCUT2D eigenvalue weighted by molar-refractivity contribution is 6.03. The van der Waals surface area contributed by atoms with E-state index in [0.29, 0.717) is 60.1 Å². The smallest absolute Gasteiger partial charge is 0.409 e. The summed E-state index contributed by atoms with van der Waals surface area (Å²) in [5.74, 6) is 1.83. The number of benzene rings is 2. The van der Waals surface area contributed by atoms with E-state index >= 15 is 8.78 Å². The number of carbonyl (C=O) groups excluding carboxylic acids is 1. The summed E-state index contributed by atoms with van der Waals surface area (Å²) in [4.78, 5) is 33.6. The van der Waals surface area contributed by atoms with Crippen LogP contribution >= 0.6 is 0 Å². The highest BCUT2D eigenvalue weighted by Gasteiger charge is 2.37. The first kappa shape index (κ1) is 48.1. The average Bonchev–Trinajstić information content (AvgIpc) is 3.83. The second-order valence-electron chi connectivity index (χ2n) is 19.0. The van der Waals surface area contributed by atoms with Gasteiger partial charge in [-0.05, 0) is 51.6 Å². The largest absolute Gasteiger partial charge is 0.474 e. The molecule has 3 saturated heterocycles. The van der Waals surface area contributed by atoms with E-state index in [0.717, 1.165) is 25.7 Å². The Bertz CT molecular complexity index is 2260. The minimum atomic E-state index is -0.717. The molecule has 65 heavy (non-hydrogen) atoms. The summed E-state index contributed by atoms with van der Waals surface area (Å²) in [5, 5.41) is 5.04. The molecular weight excluding hydrogens is 825 g/mol. The molecule has 1 amide bonds. The van der Waals surface area contributed by atoms with Gasteiger partial charge in [-0.2, -0.15) is 9.97 Å². The SMILES string of the molecule is C#Cc1c(F)ccc2cccc(-c3nc(OC(C)C)c4c(N5CC6CCC(C5)N6)nc(OC[C@@H]5C[C@@H](OC(=O)N(C)CCCCCCCCCCCCCCCC)CN5C)nc4c3F)c12. The molecule has 0 saturated carbocycles. The first-order valence-corrected chi connectivity index (χ1v) is 24.6. The van der Waals surface area contributed by atoms with E-state index in [-0.39, 0.29) is 71.7 Å². The molecule has 1 N–H and O–H groups in total. The molecule has 13 heteroatoms. The van der Waals surface area contributed by atoms with Crippen LogP contribution in [0.3, 0.4) is 0 Å².